The largest absolute Gasteiger partial charge is 0.467 e. The number of carbonyl (C=O) groups excluding carboxylic acids is 2. The van der Waals surface area contributed by atoms with Gasteiger partial charge >= 0.3 is 6.03 Å². The van der Waals surface area contributed by atoms with Crippen molar-refractivity contribution >= 4 is 23.3 Å². The lowest BCUT2D eigenvalue weighted by Crippen LogP contribution is -2.27. The van der Waals surface area contributed by atoms with Gasteiger partial charge in [-0.1, -0.05) is 0 Å². The van der Waals surface area contributed by atoms with Gasteiger partial charge in [0.2, 0.25) is 0 Å². The summed E-state index contributed by atoms with van der Waals surface area (Å²) in [7, 11) is 0. The molecule has 3 rings (SSSR count). The standard InChI is InChI=1S/C19H19N3O4/c1-12-10-17(13(2)26-12)18(23)21-14-5-7-15(8-6-14)22-19(24)20-11-16-4-3-9-25-16/h3-10H,11H2,1-2H3,(H,21,23)(H2,20,22,24). The summed E-state index contributed by atoms with van der Waals surface area (Å²) in [6, 6.07) is 11.7. The molecule has 0 aliphatic rings. The Morgan fingerprint density at radius 3 is 2.27 bits per heavy atom. The molecule has 3 aromatic rings. The van der Waals surface area contributed by atoms with Gasteiger partial charge in [-0.25, -0.2) is 4.79 Å². The van der Waals surface area contributed by atoms with Crippen molar-refractivity contribution in [1.82, 2.24) is 5.32 Å². The van der Waals surface area contributed by atoms with Crippen molar-refractivity contribution in [2.45, 2.75) is 20.4 Å². The van der Waals surface area contributed by atoms with Gasteiger partial charge in [0.25, 0.3) is 5.91 Å². The average Bonchev–Trinajstić information content (AvgIpc) is 3.24. The molecule has 26 heavy (non-hydrogen) atoms. The second-order valence-corrected chi connectivity index (χ2v) is 5.75. The first-order valence-corrected chi connectivity index (χ1v) is 8.07. The molecule has 0 saturated carbocycles. The van der Waals surface area contributed by atoms with Crippen LogP contribution in [0.4, 0.5) is 16.2 Å². The Labute approximate surface area is 150 Å². The van der Waals surface area contributed by atoms with Crippen LogP contribution in [-0.4, -0.2) is 11.9 Å². The van der Waals surface area contributed by atoms with E-state index in [4.69, 9.17) is 8.83 Å². The molecule has 0 fully saturated rings. The van der Waals surface area contributed by atoms with Crippen molar-refractivity contribution in [3.8, 4) is 0 Å². The van der Waals surface area contributed by atoms with Gasteiger partial charge in [-0.3, -0.25) is 4.79 Å². The molecule has 3 N–H and O–H groups in total. The topological polar surface area (TPSA) is 96.5 Å². The summed E-state index contributed by atoms with van der Waals surface area (Å²) < 4.78 is 10.5. The van der Waals surface area contributed by atoms with E-state index in [2.05, 4.69) is 16.0 Å². The van der Waals surface area contributed by atoms with E-state index in [9.17, 15) is 9.59 Å². The van der Waals surface area contributed by atoms with Crippen LogP contribution in [0.25, 0.3) is 0 Å². The minimum Gasteiger partial charge on any atom is -0.467 e. The van der Waals surface area contributed by atoms with Crippen molar-refractivity contribution < 1.29 is 18.4 Å². The number of benzene rings is 1. The Bertz CT molecular complexity index is 896. The number of anilines is 2. The van der Waals surface area contributed by atoms with Crippen molar-refractivity contribution in [3.63, 3.8) is 0 Å². The Morgan fingerprint density at radius 1 is 1.00 bits per heavy atom. The van der Waals surface area contributed by atoms with E-state index in [1.54, 1.807) is 62.6 Å². The molecule has 2 heterocycles. The molecule has 3 amide bonds. The molecule has 0 aliphatic heterocycles. The zero-order valence-electron chi connectivity index (χ0n) is 14.5. The van der Waals surface area contributed by atoms with E-state index in [0.717, 1.165) is 0 Å². The number of hydrogen-bond donors (Lipinski definition) is 3. The summed E-state index contributed by atoms with van der Waals surface area (Å²) >= 11 is 0. The molecular formula is C19H19N3O4. The molecule has 1 aromatic carbocycles. The van der Waals surface area contributed by atoms with E-state index in [1.165, 1.54) is 0 Å². The summed E-state index contributed by atoms with van der Waals surface area (Å²) in [5.41, 5.74) is 1.73. The number of amides is 3. The third kappa shape index (κ3) is 4.32. The maximum Gasteiger partial charge on any atom is 0.319 e. The second-order valence-electron chi connectivity index (χ2n) is 5.75. The van der Waals surface area contributed by atoms with Crippen molar-refractivity contribution in [3.05, 3.63) is 71.6 Å². The fourth-order valence-corrected chi connectivity index (χ4v) is 2.45. The lowest BCUT2D eigenvalue weighted by Gasteiger charge is -2.08. The molecule has 0 spiro atoms. The smallest absolute Gasteiger partial charge is 0.319 e. The maximum absolute atomic E-state index is 12.2. The Hall–Kier alpha value is -3.48. The fraction of sp³-hybridized carbons (Fsp3) is 0.158. The third-order valence-electron chi connectivity index (χ3n) is 3.69. The van der Waals surface area contributed by atoms with Gasteiger partial charge in [-0.2, -0.15) is 0 Å². The third-order valence-corrected chi connectivity index (χ3v) is 3.69. The number of hydrogen-bond acceptors (Lipinski definition) is 4. The highest BCUT2D eigenvalue weighted by molar-refractivity contribution is 6.05. The Balaban J connectivity index is 1.53. The van der Waals surface area contributed by atoms with Gasteiger partial charge < -0.3 is 24.8 Å². The number of furan rings is 2. The average molecular weight is 353 g/mol. The Morgan fingerprint density at radius 2 is 1.69 bits per heavy atom. The normalized spacial score (nSPS) is 10.4. The van der Waals surface area contributed by atoms with Gasteiger partial charge in [0.1, 0.15) is 17.3 Å². The monoisotopic (exact) mass is 353 g/mol. The number of aryl methyl sites for hydroxylation is 2. The van der Waals surface area contributed by atoms with E-state index in [1.807, 2.05) is 0 Å². The van der Waals surface area contributed by atoms with E-state index in [-0.39, 0.29) is 11.9 Å². The maximum atomic E-state index is 12.2. The Kier molecular flexibility index (Phi) is 5.07. The highest BCUT2D eigenvalue weighted by Gasteiger charge is 2.13. The second kappa shape index (κ2) is 7.60. The predicted octanol–water partition coefficient (Wildman–Crippen LogP) is 4.06. The SMILES string of the molecule is Cc1cc(C(=O)Nc2ccc(NC(=O)NCc3ccco3)cc2)c(C)o1. The van der Waals surface area contributed by atoms with Gasteiger partial charge in [0.05, 0.1) is 18.4 Å². The molecule has 0 bridgehead atoms. The van der Waals surface area contributed by atoms with Gasteiger partial charge in [0, 0.05) is 11.4 Å². The summed E-state index contributed by atoms with van der Waals surface area (Å²) in [5, 5.41) is 8.19. The summed E-state index contributed by atoms with van der Waals surface area (Å²) in [6.45, 7) is 3.84. The molecule has 0 atom stereocenters. The minimum absolute atomic E-state index is 0.240. The summed E-state index contributed by atoms with van der Waals surface area (Å²) in [6.07, 6.45) is 1.55. The van der Waals surface area contributed by atoms with Crippen LogP contribution in [0.1, 0.15) is 27.6 Å². The van der Waals surface area contributed by atoms with Gasteiger partial charge in [0.15, 0.2) is 0 Å². The molecule has 0 saturated heterocycles. The van der Waals surface area contributed by atoms with E-state index >= 15 is 0 Å². The molecule has 2 aromatic heterocycles. The predicted molar refractivity (Wildman–Crippen MR) is 97.1 cm³/mol. The van der Waals surface area contributed by atoms with Crippen LogP contribution in [0, 0.1) is 13.8 Å². The first-order valence-electron chi connectivity index (χ1n) is 8.07. The van der Waals surface area contributed by atoms with Crippen molar-refractivity contribution in [2.75, 3.05) is 10.6 Å². The summed E-state index contributed by atoms with van der Waals surface area (Å²) in [5.74, 6) is 1.69. The van der Waals surface area contributed by atoms with Crippen LogP contribution < -0.4 is 16.0 Å². The van der Waals surface area contributed by atoms with E-state index < -0.39 is 0 Å². The molecule has 0 unspecified atom stereocenters. The lowest BCUT2D eigenvalue weighted by atomic mass is 10.2. The first-order chi connectivity index (χ1) is 12.5. The fourth-order valence-electron chi connectivity index (χ4n) is 2.45. The number of urea groups is 1. The zero-order valence-corrected chi connectivity index (χ0v) is 14.5. The number of nitrogens with one attached hydrogen (secondary N) is 3. The molecule has 0 radical (unpaired) electrons. The number of carbonyl (C=O) groups is 2. The van der Waals surface area contributed by atoms with Crippen LogP contribution >= 0.6 is 0 Å². The van der Waals surface area contributed by atoms with Crippen LogP contribution in [0.15, 0.2) is 57.6 Å². The molecular weight excluding hydrogens is 334 g/mol. The molecule has 7 nitrogen and oxygen atoms in total. The van der Waals surface area contributed by atoms with Crippen molar-refractivity contribution in [2.24, 2.45) is 0 Å². The highest BCUT2D eigenvalue weighted by atomic mass is 16.3. The molecule has 134 valence electrons. The van der Waals surface area contributed by atoms with E-state index in [0.29, 0.717) is 40.8 Å². The van der Waals surface area contributed by atoms with Crippen LogP contribution in [0.5, 0.6) is 0 Å². The molecule has 7 heteroatoms. The van der Waals surface area contributed by atoms with Crippen LogP contribution in [0.3, 0.4) is 0 Å². The molecule has 0 aliphatic carbocycles. The van der Waals surface area contributed by atoms with Gasteiger partial charge in [-0.05, 0) is 56.3 Å². The quantitative estimate of drug-likeness (QED) is 0.644. The van der Waals surface area contributed by atoms with Crippen LogP contribution in [-0.2, 0) is 6.54 Å². The summed E-state index contributed by atoms with van der Waals surface area (Å²) in [4.78, 5) is 24.1. The minimum atomic E-state index is -0.345. The first kappa shape index (κ1) is 17.3. The zero-order chi connectivity index (χ0) is 18.5. The van der Waals surface area contributed by atoms with Crippen molar-refractivity contribution in [1.29, 1.82) is 0 Å². The lowest BCUT2D eigenvalue weighted by molar-refractivity contribution is 0.102. The number of rotatable bonds is 5. The highest BCUT2D eigenvalue weighted by Crippen LogP contribution is 2.18. The van der Waals surface area contributed by atoms with Crippen LogP contribution in [0.2, 0.25) is 0 Å². The van der Waals surface area contributed by atoms with Gasteiger partial charge in [-0.15, -0.1) is 0 Å².